The van der Waals surface area contributed by atoms with E-state index in [4.69, 9.17) is 5.73 Å². The van der Waals surface area contributed by atoms with E-state index in [1.807, 2.05) is 0 Å². The molecule has 0 aromatic rings. The van der Waals surface area contributed by atoms with Crippen LogP contribution >= 0.6 is 0 Å². The molecular formula is C9H20N2. The molecule has 1 aliphatic heterocycles. The zero-order valence-corrected chi connectivity index (χ0v) is 7.91. The molecule has 0 amide bonds. The van der Waals surface area contributed by atoms with Crippen LogP contribution in [0.2, 0.25) is 0 Å². The third kappa shape index (κ3) is 1.42. The molecule has 1 saturated heterocycles. The molecule has 0 radical (unpaired) electrons. The summed E-state index contributed by atoms with van der Waals surface area (Å²) in [5.74, 6) is 0. The SMILES string of the molecule is CC(C)(C)C1(CN)CCCN1. The fourth-order valence-electron chi connectivity index (χ4n) is 1.93. The normalized spacial score (nSPS) is 32.7. The molecule has 1 atom stereocenters. The van der Waals surface area contributed by atoms with Gasteiger partial charge in [-0.1, -0.05) is 20.8 Å². The van der Waals surface area contributed by atoms with Gasteiger partial charge >= 0.3 is 0 Å². The number of nitrogens with one attached hydrogen (secondary N) is 1. The Bertz CT molecular complexity index is 129. The minimum Gasteiger partial charge on any atom is -0.329 e. The fourth-order valence-corrected chi connectivity index (χ4v) is 1.93. The van der Waals surface area contributed by atoms with E-state index in [0.717, 1.165) is 13.1 Å². The molecule has 2 nitrogen and oxygen atoms in total. The molecule has 66 valence electrons. The molecule has 1 aliphatic rings. The van der Waals surface area contributed by atoms with Crippen LogP contribution < -0.4 is 11.1 Å². The van der Waals surface area contributed by atoms with Crippen molar-refractivity contribution in [1.29, 1.82) is 0 Å². The van der Waals surface area contributed by atoms with E-state index in [-0.39, 0.29) is 11.0 Å². The van der Waals surface area contributed by atoms with Crippen molar-refractivity contribution in [2.24, 2.45) is 11.1 Å². The van der Waals surface area contributed by atoms with Gasteiger partial charge in [0.15, 0.2) is 0 Å². The molecule has 11 heavy (non-hydrogen) atoms. The molecule has 1 fully saturated rings. The quantitative estimate of drug-likeness (QED) is 0.597. The summed E-state index contributed by atoms with van der Waals surface area (Å²) in [7, 11) is 0. The second kappa shape index (κ2) is 2.76. The molecule has 3 N–H and O–H groups in total. The van der Waals surface area contributed by atoms with Crippen LogP contribution in [-0.2, 0) is 0 Å². The summed E-state index contributed by atoms with van der Waals surface area (Å²) in [5.41, 5.74) is 6.28. The monoisotopic (exact) mass is 156 g/mol. The maximum atomic E-state index is 5.79. The van der Waals surface area contributed by atoms with Gasteiger partial charge in [-0.05, 0) is 24.8 Å². The predicted octanol–water partition coefficient (Wildman–Crippen LogP) is 1.11. The largest absolute Gasteiger partial charge is 0.329 e. The Labute approximate surface area is 69.5 Å². The van der Waals surface area contributed by atoms with Gasteiger partial charge in [-0.2, -0.15) is 0 Å². The minimum absolute atomic E-state index is 0.201. The Morgan fingerprint density at radius 1 is 1.45 bits per heavy atom. The summed E-state index contributed by atoms with van der Waals surface area (Å²) in [4.78, 5) is 0. The molecule has 0 aromatic carbocycles. The summed E-state index contributed by atoms with van der Waals surface area (Å²) in [6.45, 7) is 8.68. The van der Waals surface area contributed by atoms with Crippen LogP contribution in [-0.4, -0.2) is 18.6 Å². The van der Waals surface area contributed by atoms with Crippen molar-refractivity contribution >= 4 is 0 Å². The van der Waals surface area contributed by atoms with Crippen LogP contribution in [0.5, 0.6) is 0 Å². The standard InChI is InChI=1S/C9H20N2/c1-8(2,3)9(7-10)5-4-6-11-9/h11H,4-7,10H2,1-3H3. The van der Waals surface area contributed by atoms with Gasteiger partial charge in [0.1, 0.15) is 0 Å². The number of rotatable bonds is 1. The number of nitrogens with two attached hydrogens (primary N) is 1. The van der Waals surface area contributed by atoms with E-state index < -0.39 is 0 Å². The number of hydrogen-bond acceptors (Lipinski definition) is 2. The van der Waals surface area contributed by atoms with Crippen molar-refractivity contribution in [2.75, 3.05) is 13.1 Å². The highest BCUT2D eigenvalue weighted by Gasteiger charge is 2.42. The van der Waals surface area contributed by atoms with Crippen LogP contribution in [0.15, 0.2) is 0 Å². The first-order valence-corrected chi connectivity index (χ1v) is 4.47. The Hall–Kier alpha value is -0.0800. The number of hydrogen-bond donors (Lipinski definition) is 2. The average molecular weight is 156 g/mol. The molecule has 1 rings (SSSR count). The second-order valence-electron chi connectivity index (χ2n) is 4.57. The molecule has 1 unspecified atom stereocenters. The van der Waals surface area contributed by atoms with E-state index in [0.29, 0.717) is 0 Å². The first-order chi connectivity index (χ1) is 5.02. The van der Waals surface area contributed by atoms with E-state index in [1.165, 1.54) is 12.8 Å². The molecule has 0 bridgehead atoms. The summed E-state index contributed by atoms with van der Waals surface area (Å²) in [6, 6.07) is 0. The summed E-state index contributed by atoms with van der Waals surface area (Å²) < 4.78 is 0. The van der Waals surface area contributed by atoms with Gasteiger partial charge in [-0.15, -0.1) is 0 Å². The third-order valence-electron chi connectivity index (χ3n) is 3.03. The van der Waals surface area contributed by atoms with E-state index in [1.54, 1.807) is 0 Å². The smallest absolute Gasteiger partial charge is 0.0353 e. The Morgan fingerprint density at radius 2 is 2.09 bits per heavy atom. The van der Waals surface area contributed by atoms with Gasteiger partial charge in [-0.25, -0.2) is 0 Å². The Morgan fingerprint density at radius 3 is 2.27 bits per heavy atom. The van der Waals surface area contributed by atoms with Crippen molar-refractivity contribution in [3.63, 3.8) is 0 Å². The minimum atomic E-state index is 0.201. The lowest BCUT2D eigenvalue weighted by Crippen LogP contribution is -2.56. The van der Waals surface area contributed by atoms with Crippen LogP contribution in [0, 0.1) is 5.41 Å². The maximum absolute atomic E-state index is 5.79. The van der Waals surface area contributed by atoms with Crippen molar-refractivity contribution < 1.29 is 0 Å². The van der Waals surface area contributed by atoms with Gasteiger partial charge in [0.25, 0.3) is 0 Å². The summed E-state index contributed by atoms with van der Waals surface area (Å²) in [5, 5.41) is 3.53. The van der Waals surface area contributed by atoms with E-state index in [2.05, 4.69) is 26.1 Å². The maximum Gasteiger partial charge on any atom is 0.0353 e. The van der Waals surface area contributed by atoms with E-state index >= 15 is 0 Å². The van der Waals surface area contributed by atoms with E-state index in [9.17, 15) is 0 Å². The van der Waals surface area contributed by atoms with Crippen molar-refractivity contribution in [3.05, 3.63) is 0 Å². The summed E-state index contributed by atoms with van der Waals surface area (Å²) >= 11 is 0. The average Bonchev–Trinajstić information content (AvgIpc) is 2.33. The Balaban J connectivity index is 2.75. The molecule has 0 saturated carbocycles. The lowest BCUT2D eigenvalue weighted by Gasteiger charge is -2.41. The highest BCUT2D eigenvalue weighted by atomic mass is 15.0. The van der Waals surface area contributed by atoms with Gasteiger partial charge in [-0.3, -0.25) is 0 Å². The van der Waals surface area contributed by atoms with Crippen molar-refractivity contribution in [3.8, 4) is 0 Å². The highest BCUT2D eigenvalue weighted by Crippen LogP contribution is 2.36. The van der Waals surface area contributed by atoms with Gasteiger partial charge in [0.05, 0.1) is 0 Å². The lowest BCUT2D eigenvalue weighted by molar-refractivity contribution is 0.169. The van der Waals surface area contributed by atoms with Crippen LogP contribution in [0.25, 0.3) is 0 Å². The molecular weight excluding hydrogens is 136 g/mol. The lowest BCUT2D eigenvalue weighted by atomic mass is 9.73. The van der Waals surface area contributed by atoms with Gasteiger partial charge in [0, 0.05) is 12.1 Å². The van der Waals surface area contributed by atoms with Crippen molar-refractivity contribution in [2.45, 2.75) is 39.2 Å². The first kappa shape index (κ1) is 9.01. The van der Waals surface area contributed by atoms with Gasteiger partial charge < -0.3 is 11.1 Å². The summed E-state index contributed by atoms with van der Waals surface area (Å²) in [6.07, 6.45) is 2.50. The predicted molar refractivity (Wildman–Crippen MR) is 48.5 cm³/mol. The zero-order valence-electron chi connectivity index (χ0n) is 7.91. The molecule has 2 heteroatoms. The second-order valence-corrected chi connectivity index (χ2v) is 4.57. The molecule has 0 aromatic heterocycles. The van der Waals surface area contributed by atoms with Crippen LogP contribution in [0.3, 0.4) is 0 Å². The third-order valence-corrected chi connectivity index (χ3v) is 3.03. The Kier molecular flexibility index (Phi) is 2.26. The van der Waals surface area contributed by atoms with Crippen LogP contribution in [0.1, 0.15) is 33.6 Å². The van der Waals surface area contributed by atoms with Crippen LogP contribution in [0.4, 0.5) is 0 Å². The molecule has 0 spiro atoms. The zero-order chi connectivity index (χ0) is 8.54. The molecule has 0 aliphatic carbocycles. The molecule has 1 heterocycles. The first-order valence-electron chi connectivity index (χ1n) is 4.47. The van der Waals surface area contributed by atoms with Gasteiger partial charge in [0.2, 0.25) is 0 Å². The highest BCUT2D eigenvalue weighted by molar-refractivity contribution is 5.02. The van der Waals surface area contributed by atoms with Crippen molar-refractivity contribution in [1.82, 2.24) is 5.32 Å². The fraction of sp³-hybridized carbons (Fsp3) is 1.00. The topological polar surface area (TPSA) is 38.0 Å².